The Balaban J connectivity index is 3.56. The van der Waals surface area contributed by atoms with Crippen LogP contribution in [-0.2, 0) is 9.22 Å². The molecule has 0 aliphatic heterocycles. The van der Waals surface area contributed by atoms with Crippen LogP contribution >= 0.6 is 0 Å². The van der Waals surface area contributed by atoms with Crippen molar-refractivity contribution in [2.45, 2.75) is 51.7 Å². The molecule has 0 saturated carbocycles. The molecule has 77 valence electrons. The Morgan fingerprint density at radius 2 is 1.92 bits per heavy atom. The van der Waals surface area contributed by atoms with Crippen LogP contribution in [0.5, 0.6) is 0 Å². The van der Waals surface area contributed by atoms with Gasteiger partial charge in [-0.3, -0.25) is 4.79 Å². The largest absolute Gasteiger partial charge is 0.520 e. The molecule has 0 spiro atoms. The molecule has 0 saturated heterocycles. The summed E-state index contributed by atoms with van der Waals surface area (Å²) in [5.41, 5.74) is 0. The monoisotopic (exact) mass is 201 g/mol. The second-order valence-corrected chi connectivity index (χ2v) is 8.27. The van der Waals surface area contributed by atoms with E-state index in [1.54, 1.807) is 0 Å². The van der Waals surface area contributed by atoms with E-state index in [-0.39, 0.29) is 5.97 Å². The van der Waals surface area contributed by atoms with Gasteiger partial charge in [-0.25, -0.2) is 0 Å². The topological polar surface area (TPSA) is 26.3 Å². The Labute approximate surface area is 82.8 Å². The summed E-state index contributed by atoms with van der Waals surface area (Å²) in [6.07, 6.45) is 4.96. The van der Waals surface area contributed by atoms with Crippen LogP contribution in [0.25, 0.3) is 0 Å². The number of hydrogen-bond donors (Lipinski definition) is 0. The molecular weight excluding hydrogens is 180 g/mol. The summed E-state index contributed by atoms with van der Waals surface area (Å²) in [5.74, 6) is -0.368. The molecule has 0 aromatic heterocycles. The molecule has 3 heteroatoms. The van der Waals surface area contributed by atoms with Crippen molar-refractivity contribution in [3.8, 4) is 0 Å². The fourth-order valence-electron chi connectivity index (χ4n) is 1.34. The summed E-state index contributed by atoms with van der Waals surface area (Å²) in [7, 11) is -1.73. The molecule has 0 aliphatic carbocycles. The highest BCUT2D eigenvalue weighted by atomic mass is 28.4. The van der Waals surface area contributed by atoms with Gasteiger partial charge in [0.1, 0.15) is 0 Å². The van der Waals surface area contributed by atoms with Crippen LogP contribution < -0.4 is 0 Å². The molecule has 0 rings (SSSR count). The van der Waals surface area contributed by atoms with Crippen LogP contribution in [0.1, 0.15) is 32.6 Å². The summed E-state index contributed by atoms with van der Waals surface area (Å²) < 4.78 is 5.21. The predicted octanol–water partition coefficient (Wildman–Crippen LogP) is 3.15. The van der Waals surface area contributed by atoms with Gasteiger partial charge in [0.05, 0.1) is 6.92 Å². The third-order valence-electron chi connectivity index (χ3n) is 2.02. The lowest BCUT2D eigenvalue weighted by atomic mass is 10.2. The average molecular weight is 201 g/mol. The molecule has 0 amide bonds. The minimum Gasteiger partial charge on any atom is -0.520 e. The van der Waals surface area contributed by atoms with Gasteiger partial charge < -0.3 is 4.43 Å². The van der Waals surface area contributed by atoms with Crippen LogP contribution in [0, 0.1) is 6.92 Å². The number of rotatable bonds is 6. The number of carbonyl (C=O) groups excluding carboxylic acids is 1. The highest BCUT2D eigenvalue weighted by molar-refractivity contribution is 6.72. The number of unbranched alkanes of at least 4 members (excludes halogenated alkanes) is 3. The van der Waals surface area contributed by atoms with Crippen molar-refractivity contribution in [1.29, 1.82) is 0 Å². The first-order valence-corrected chi connectivity index (χ1v) is 8.14. The third-order valence-corrected chi connectivity index (χ3v) is 4.36. The zero-order chi connectivity index (χ0) is 10.3. The maximum absolute atomic E-state index is 10.6. The molecule has 0 fully saturated rings. The standard InChI is InChI=1S/C10H21O2Si/c1-5-6-7-8-9-13(3,4)12-10(2)11/h2,5-9H2,1,3-4H3. The lowest BCUT2D eigenvalue weighted by Crippen LogP contribution is -2.32. The highest BCUT2D eigenvalue weighted by Gasteiger charge is 2.24. The Morgan fingerprint density at radius 3 is 2.38 bits per heavy atom. The molecule has 0 unspecified atom stereocenters. The van der Waals surface area contributed by atoms with Crippen LogP contribution in [-0.4, -0.2) is 14.3 Å². The first-order valence-electron chi connectivity index (χ1n) is 5.03. The van der Waals surface area contributed by atoms with Crippen LogP contribution in [0.3, 0.4) is 0 Å². The van der Waals surface area contributed by atoms with E-state index in [0.29, 0.717) is 0 Å². The third kappa shape index (κ3) is 8.03. The zero-order valence-electron chi connectivity index (χ0n) is 9.06. The van der Waals surface area contributed by atoms with Gasteiger partial charge in [-0.05, 0) is 19.1 Å². The number of carbonyl (C=O) groups is 1. The van der Waals surface area contributed by atoms with Crippen molar-refractivity contribution in [2.75, 3.05) is 0 Å². The fraction of sp³-hybridized carbons (Fsp3) is 0.800. The minimum atomic E-state index is -1.73. The summed E-state index contributed by atoms with van der Waals surface area (Å²) in [6.45, 7) is 9.58. The van der Waals surface area contributed by atoms with Crippen LogP contribution in [0.15, 0.2) is 0 Å². The molecule has 0 bridgehead atoms. The highest BCUT2D eigenvalue weighted by Crippen LogP contribution is 2.16. The van der Waals surface area contributed by atoms with Crippen molar-refractivity contribution in [3.63, 3.8) is 0 Å². The molecule has 13 heavy (non-hydrogen) atoms. The van der Waals surface area contributed by atoms with E-state index >= 15 is 0 Å². The quantitative estimate of drug-likeness (QED) is 0.487. The minimum absolute atomic E-state index is 0.368. The summed E-state index contributed by atoms with van der Waals surface area (Å²) >= 11 is 0. The van der Waals surface area contributed by atoms with Gasteiger partial charge in [-0.1, -0.05) is 32.6 Å². The van der Waals surface area contributed by atoms with E-state index in [2.05, 4.69) is 26.9 Å². The number of hydrogen-bond acceptors (Lipinski definition) is 2. The van der Waals surface area contributed by atoms with E-state index in [1.807, 2.05) is 0 Å². The smallest absolute Gasteiger partial charge is 0.293 e. The van der Waals surface area contributed by atoms with Gasteiger partial charge in [0.15, 0.2) is 0 Å². The van der Waals surface area contributed by atoms with E-state index in [1.165, 1.54) is 25.7 Å². The molecule has 0 heterocycles. The van der Waals surface area contributed by atoms with E-state index in [4.69, 9.17) is 4.43 Å². The summed E-state index contributed by atoms with van der Waals surface area (Å²) in [5, 5.41) is 0. The van der Waals surface area contributed by atoms with Gasteiger partial charge in [0.25, 0.3) is 5.97 Å². The molecule has 0 aromatic carbocycles. The van der Waals surface area contributed by atoms with Crippen LogP contribution in [0.2, 0.25) is 19.1 Å². The normalized spacial score (nSPS) is 11.4. The first-order chi connectivity index (χ1) is 5.98. The van der Waals surface area contributed by atoms with Gasteiger partial charge in [-0.2, -0.15) is 0 Å². The predicted molar refractivity (Wildman–Crippen MR) is 57.9 cm³/mol. The van der Waals surface area contributed by atoms with E-state index < -0.39 is 8.32 Å². The van der Waals surface area contributed by atoms with E-state index in [0.717, 1.165) is 6.04 Å². The molecule has 0 aromatic rings. The molecule has 2 nitrogen and oxygen atoms in total. The summed E-state index contributed by atoms with van der Waals surface area (Å²) in [6, 6.07) is 1.06. The van der Waals surface area contributed by atoms with Crippen molar-refractivity contribution in [3.05, 3.63) is 6.92 Å². The molecule has 0 atom stereocenters. The Kier molecular flexibility index (Phi) is 6.04. The first kappa shape index (κ1) is 12.7. The lowest BCUT2D eigenvalue weighted by Gasteiger charge is -2.21. The van der Waals surface area contributed by atoms with Crippen molar-refractivity contribution < 1.29 is 9.22 Å². The SMILES string of the molecule is [CH2]C(=O)O[Si](C)(C)CCCCCC. The maximum Gasteiger partial charge on any atom is 0.293 e. The Bertz CT molecular complexity index is 155. The average Bonchev–Trinajstić information content (AvgIpc) is 1.95. The van der Waals surface area contributed by atoms with Crippen molar-refractivity contribution in [1.82, 2.24) is 0 Å². The van der Waals surface area contributed by atoms with Crippen LogP contribution in [0.4, 0.5) is 0 Å². The maximum atomic E-state index is 10.6. The molecule has 0 N–H and O–H groups in total. The van der Waals surface area contributed by atoms with E-state index in [9.17, 15) is 4.79 Å². The van der Waals surface area contributed by atoms with Gasteiger partial charge in [0, 0.05) is 0 Å². The fourth-order valence-corrected chi connectivity index (χ4v) is 3.16. The van der Waals surface area contributed by atoms with Crippen molar-refractivity contribution in [2.24, 2.45) is 0 Å². The molecule has 0 aliphatic rings. The van der Waals surface area contributed by atoms with Gasteiger partial charge in [-0.15, -0.1) is 0 Å². The molecule has 1 radical (unpaired) electrons. The summed E-state index contributed by atoms with van der Waals surface area (Å²) in [4.78, 5) is 10.6. The van der Waals surface area contributed by atoms with Gasteiger partial charge in [0.2, 0.25) is 8.32 Å². The zero-order valence-corrected chi connectivity index (χ0v) is 10.1. The second kappa shape index (κ2) is 6.19. The Hall–Kier alpha value is -0.313. The lowest BCUT2D eigenvalue weighted by molar-refractivity contribution is -0.130. The molecular formula is C10H21O2Si. The second-order valence-electron chi connectivity index (χ2n) is 4.04. The Morgan fingerprint density at radius 1 is 1.31 bits per heavy atom. The van der Waals surface area contributed by atoms with Crippen molar-refractivity contribution >= 4 is 14.3 Å². The van der Waals surface area contributed by atoms with Gasteiger partial charge >= 0.3 is 0 Å².